The number of fused-ring (bicyclic) bond motifs is 1. The van der Waals surface area contributed by atoms with Crippen molar-refractivity contribution in [2.75, 3.05) is 32.8 Å². The molecular weight excluding hydrogens is 266 g/mol. The van der Waals surface area contributed by atoms with Gasteiger partial charge in [0.25, 0.3) is 0 Å². The fourth-order valence-corrected chi connectivity index (χ4v) is 2.04. The molecule has 0 fully saturated rings. The zero-order valence-corrected chi connectivity index (χ0v) is 11.9. The van der Waals surface area contributed by atoms with E-state index in [9.17, 15) is 0 Å². The highest BCUT2D eigenvalue weighted by atomic mass is 35.5. The Morgan fingerprint density at radius 1 is 1.16 bits per heavy atom. The number of halogens is 1. The first-order valence-electron chi connectivity index (χ1n) is 6.16. The molecule has 0 bridgehead atoms. The standard InChI is InChI=1S/C14H18ClNO3/c1-16-13-4-3-12(17-2)9-11(13)10-14(16)19-8-7-18-6-5-15/h3-4,9-10H,5-8H2,1-2H3. The molecule has 1 aromatic heterocycles. The maximum atomic E-state index is 5.70. The molecule has 5 heteroatoms. The number of rotatable bonds is 7. The van der Waals surface area contributed by atoms with Crippen LogP contribution in [0.4, 0.5) is 0 Å². The van der Waals surface area contributed by atoms with E-state index < -0.39 is 0 Å². The SMILES string of the molecule is COc1ccc2c(c1)cc(OCCOCCCl)n2C. The van der Waals surface area contributed by atoms with Crippen LogP contribution in [0.25, 0.3) is 10.9 Å². The second-order valence-corrected chi connectivity index (χ2v) is 4.49. The van der Waals surface area contributed by atoms with Gasteiger partial charge in [0, 0.05) is 24.4 Å². The number of aryl methyl sites for hydroxylation is 1. The summed E-state index contributed by atoms with van der Waals surface area (Å²) >= 11 is 5.52. The van der Waals surface area contributed by atoms with Gasteiger partial charge in [-0.05, 0) is 18.2 Å². The van der Waals surface area contributed by atoms with Crippen LogP contribution < -0.4 is 9.47 Å². The molecule has 19 heavy (non-hydrogen) atoms. The second-order valence-electron chi connectivity index (χ2n) is 4.12. The van der Waals surface area contributed by atoms with Gasteiger partial charge in [-0.2, -0.15) is 0 Å². The molecule has 1 heterocycles. The Balaban J connectivity index is 2.04. The summed E-state index contributed by atoms with van der Waals surface area (Å²) in [6, 6.07) is 7.95. The molecule has 0 amide bonds. The second kappa shape index (κ2) is 6.68. The summed E-state index contributed by atoms with van der Waals surface area (Å²) in [6.45, 7) is 1.60. The Labute approximate surface area is 117 Å². The van der Waals surface area contributed by atoms with E-state index in [1.807, 2.05) is 35.9 Å². The third-order valence-electron chi connectivity index (χ3n) is 2.90. The number of alkyl halides is 1. The summed E-state index contributed by atoms with van der Waals surface area (Å²) < 4.78 is 18.2. The molecule has 104 valence electrons. The number of benzene rings is 1. The molecule has 0 saturated carbocycles. The molecule has 4 nitrogen and oxygen atoms in total. The van der Waals surface area contributed by atoms with Gasteiger partial charge in [-0.3, -0.25) is 0 Å². The Hall–Kier alpha value is -1.39. The van der Waals surface area contributed by atoms with Crippen LogP contribution >= 0.6 is 11.6 Å². The predicted octanol–water partition coefficient (Wildman–Crippen LogP) is 2.82. The summed E-state index contributed by atoms with van der Waals surface area (Å²) in [5.41, 5.74) is 1.11. The van der Waals surface area contributed by atoms with E-state index >= 15 is 0 Å². The molecule has 1 aromatic carbocycles. The van der Waals surface area contributed by atoms with Crippen molar-refractivity contribution in [2.24, 2.45) is 7.05 Å². The largest absolute Gasteiger partial charge is 0.497 e. The van der Waals surface area contributed by atoms with Crippen LogP contribution in [0, 0.1) is 0 Å². The minimum absolute atomic E-state index is 0.508. The van der Waals surface area contributed by atoms with Gasteiger partial charge >= 0.3 is 0 Å². The van der Waals surface area contributed by atoms with Gasteiger partial charge in [0.15, 0.2) is 5.88 Å². The summed E-state index contributed by atoms with van der Waals surface area (Å²) in [6.07, 6.45) is 0. The smallest absolute Gasteiger partial charge is 0.194 e. The monoisotopic (exact) mass is 283 g/mol. The molecular formula is C14H18ClNO3. The normalized spacial score (nSPS) is 10.9. The number of hydrogen-bond donors (Lipinski definition) is 0. The highest BCUT2D eigenvalue weighted by molar-refractivity contribution is 6.17. The lowest BCUT2D eigenvalue weighted by Crippen LogP contribution is -2.09. The number of ether oxygens (including phenoxy) is 3. The Bertz CT molecular complexity index is 539. The van der Waals surface area contributed by atoms with Crippen molar-refractivity contribution in [1.29, 1.82) is 0 Å². The highest BCUT2D eigenvalue weighted by Crippen LogP contribution is 2.27. The van der Waals surface area contributed by atoms with E-state index in [1.165, 1.54) is 0 Å². The molecule has 0 N–H and O–H groups in total. The van der Waals surface area contributed by atoms with Crippen molar-refractivity contribution < 1.29 is 14.2 Å². The number of methoxy groups -OCH3 is 1. The van der Waals surface area contributed by atoms with Crippen LogP contribution in [0.15, 0.2) is 24.3 Å². The first-order valence-corrected chi connectivity index (χ1v) is 6.69. The van der Waals surface area contributed by atoms with E-state index in [-0.39, 0.29) is 0 Å². The van der Waals surface area contributed by atoms with Crippen LogP contribution in [-0.2, 0) is 11.8 Å². The van der Waals surface area contributed by atoms with Crippen LogP contribution in [-0.4, -0.2) is 37.4 Å². The van der Waals surface area contributed by atoms with Crippen LogP contribution in [0.3, 0.4) is 0 Å². The lowest BCUT2D eigenvalue weighted by molar-refractivity contribution is 0.108. The first-order chi connectivity index (χ1) is 9.26. The topological polar surface area (TPSA) is 32.6 Å². The van der Waals surface area contributed by atoms with Crippen molar-refractivity contribution in [1.82, 2.24) is 4.57 Å². The zero-order chi connectivity index (χ0) is 13.7. The molecule has 0 aliphatic heterocycles. The number of hydrogen-bond acceptors (Lipinski definition) is 3. The van der Waals surface area contributed by atoms with Crippen molar-refractivity contribution in [2.45, 2.75) is 0 Å². The summed E-state index contributed by atoms with van der Waals surface area (Å²) in [7, 11) is 3.64. The van der Waals surface area contributed by atoms with Crippen molar-refractivity contribution in [3.05, 3.63) is 24.3 Å². The molecule has 2 rings (SSSR count). The van der Waals surface area contributed by atoms with E-state index in [2.05, 4.69) is 0 Å². The quantitative estimate of drug-likeness (QED) is 0.579. The number of aromatic nitrogens is 1. The van der Waals surface area contributed by atoms with E-state index in [0.717, 1.165) is 22.5 Å². The maximum Gasteiger partial charge on any atom is 0.194 e. The van der Waals surface area contributed by atoms with E-state index in [0.29, 0.717) is 25.7 Å². The van der Waals surface area contributed by atoms with Crippen molar-refractivity contribution >= 4 is 22.5 Å². The van der Waals surface area contributed by atoms with Crippen molar-refractivity contribution in [3.63, 3.8) is 0 Å². The summed E-state index contributed by atoms with van der Waals surface area (Å²) in [4.78, 5) is 0. The Morgan fingerprint density at radius 3 is 2.74 bits per heavy atom. The van der Waals surface area contributed by atoms with Gasteiger partial charge in [0.05, 0.1) is 25.8 Å². The van der Waals surface area contributed by atoms with Crippen LogP contribution in [0.1, 0.15) is 0 Å². The van der Waals surface area contributed by atoms with E-state index in [1.54, 1.807) is 7.11 Å². The average molecular weight is 284 g/mol. The Kier molecular flexibility index (Phi) is 4.93. The maximum absolute atomic E-state index is 5.70. The first kappa shape index (κ1) is 14.0. The average Bonchev–Trinajstić information content (AvgIpc) is 2.75. The van der Waals surface area contributed by atoms with Gasteiger partial charge in [-0.25, -0.2) is 0 Å². The van der Waals surface area contributed by atoms with Gasteiger partial charge in [-0.1, -0.05) is 0 Å². The van der Waals surface area contributed by atoms with Gasteiger partial charge in [0.2, 0.25) is 0 Å². The minimum Gasteiger partial charge on any atom is -0.497 e. The lowest BCUT2D eigenvalue weighted by atomic mass is 10.2. The molecule has 0 spiro atoms. The van der Waals surface area contributed by atoms with Crippen molar-refractivity contribution in [3.8, 4) is 11.6 Å². The fraction of sp³-hybridized carbons (Fsp3) is 0.429. The predicted molar refractivity (Wildman–Crippen MR) is 76.5 cm³/mol. The van der Waals surface area contributed by atoms with Gasteiger partial charge in [-0.15, -0.1) is 11.6 Å². The summed E-state index contributed by atoms with van der Waals surface area (Å²) in [5.74, 6) is 2.17. The van der Waals surface area contributed by atoms with Crippen LogP contribution in [0.5, 0.6) is 11.6 Å². The van der Waals surface area contributed by atoms with Gasteiger partial charge < -0.3 is 18.8 Å². The molecule has 0 saturated heterocycles. The van der Waals surface area contributed by atoms with Crippen LogP contribution in [0.2, 0.25) is 0 Å². The minimum atomic E-state index is 0.508. The molecule has 0 radical (unpaired) electrons. The summed E-state index contributed by atoms with van der Waals surface area (Å²) in [5, 5.41) is 1.10. The van der Waals surface area contributed by atoms with Gasteiger partial charge in [0.1, 0.15) is 12.4 Å². The number of nitrogens with zero attached hydrogens (tertiary/aromatic N) is 1. The lowest BCUT2D eigenvalue weighted by Gasteiger charge is -2.07. The third kappa shape index (κ3) is 3.33. The molecule has 2 aromatic rings. The fourth-order valence-electron chi connectivity index (χ4n) is 1.93. The molecule has 0 aliphatic carbocycles. The third-order valence-corrected chi connectivity index (χ3v) is 3.06. The molecule has 0 unspecified atom stereocenters. The highest BCUT2D eigenvalue weighted by Gasteiger charge is 2.07. The zero-order valence-electron chi connectivity index (χ0n) is 11.2. The molecule has 0 atom stereocenters. The molecule has 0 aliphatic rings. The Morgan fingerprint density at radius 2 is 2.00 bits per heavy atom. The van der Waals surface area contributed by atoms with E-state index in [4.69, 9.17) is 25.8 Å².